The third-order valence-corrected chi connectivity index (χ3v) is 4.70. The van der Waals surface area contributed by atoms with Crippen LogP contribution in [0.4, 0.5) is 4.39 Å². The van der Waals surface area contributed by atoms with Crippen molar-refractivity contribution in [3.05, 3.63) is 89.5 Å². The number of halogens is 1. The maximum Gasteiger partial charge on any atom is 0.307 e. The van der Waals surface area contributed by atoms with E-state index in [0.717, 1.165) is 22.3 Å². The Morgan fingerprint density at radius 2 is 1.72 bits per heavy atom. The Bertz CT molecular complexity index is 974. The molecule has 0 spiro atoms. The summed E-state index contributed by atoms with van der Waals surface area (Å²) in [7, 11) is 0. The first-order valence-corrected chi connectivity index (χ1v) is 9.50. The topological polar surface area (TPSA) is 72.5 Å². The van der Waals surface area contributed by atoms with E-state index >= 15 is 0 Å². The van der Waals surface area contributed by atoms with Gasteiger partial charge in [-0.1, -0.05) is 54.6 Å². The molecule has 4 nitrogen and oxygen atoms in total. The van der Waals surface area contributed by atoms with Gasteiger partial charge < -0.3 is 15.6 Å². The molecule has 3 rings (SSSR count). The summed E-state index contributed by atoms with van der Waals surface area (Å²) < 4.78 is 18.5. The van der Waals surface area contributed by atoms with Crippen LogP contribution in [0.3, 0.4) is 0 Å². The lowest BCUT2D eigenvalue weighted by atomic mass is 9.97. The number of ether oxygens (including phenoxy) is 1. The monoisotopic (exact) mass is 393 g/mol. The predicted molar refractivity (Wildman–Crippen MR) is 112 cm³/mol. The van der Waals surface area contributed by atoms with Crippen molar-refractivity contribution in [1.82, 2.24) is 0 Å². The van der Waals surface area contributed by atoms with Crippen LogP contribution < -0.4 is 10.5 Å². The number of aliphatic carboxylic acids is 1. The molecule has 0 heterocycles. The molecule has 0 saturated heterocycles. The number of benzene rings is 3. The normalized spacial score (nSPS) is 11.8. The van der Waals surface area contributed by atoms with Gasteiger partial charge in [-0.05, 0) is 46.9 Å². The fraction of sp³-hybridized carbons (Fsp3) is 0.208. The molecule has 3 aromatic rings. The van der Waals surface area contributed by atoms with Crippen molar-refractivity contribution in [2.75, 3.05) is 6.67 Å². The summed E-state index contributed by atoms with van der Waals surface area (Å²) in [5.74, 6) is -0.326. The molecule has 0 aliphatic rings. The van der Waals surface area contributed by atoms with Gasteiger partial charge in [0.15, 0.2) is 0 Å². The van der Waals surface area contributed by atoms with Gasteiger partial charge in [-0.25, -0.2) is 0 Å². The summed E-state index contributed by atoms with van der Waals surface area (Å²) in [5, 5.41) is 9.05. The number of nitrogens with two attached hydrogens (primary N) is 1. The van der Waals surface area contributed by atoms with E-state index in [1.54, 1.807) is 18.2 Å². The lowest BCUT2D eigenvalue weighted by molar-refractivity contribution is -0.136. The van der Waals surface area contributed by atoms with Crippen molar-refractivity contribution in [2.24, 2.45) is 5.73 Å². The van der Waals surface area contributed by atoms with Crippen molar-refractivity contribution in [2.45, 2.75) is 25.5 Å². The van der Waals surface area contributed by atoms with Gasteiger partial charge in [0.05, 0.1) is 13.1 Å². The van der Waals surface area contributed by atoms with Crippen LogP contribution in [-0.4, -0.2) is 17.8 Å². The molecule has 0 aromatic heterocycles. The lowest BCUT2D eigenvalue weighted by Gasteiger charge is -2.13. The molecule has 0 radical (unpaired) electrons. The quantitative estimate of drug-likeness (QED) is 0.541. The Labute approximate surface area is 169 Å². The Morgan fingerprint density at radius 3 is 2.48 bits per heavy atom. The summed E-state index contributed by atoms with van der Waals surface area (Å²) in [6, 6.07) is 22.6. The molecule has 0 amide bonds. The van der Waals surface area contributed by atoms with E-state index in [9.17, 15) is 9.18 Å². The molecule has 1 atom stereocenters. The van der Waals surface area contributed by atoms with Gasteiger partial charge in [0.25, 0.3) is 0 Å². The zero-order valence-corrected chi connectivity index (χ0v) is 16.1. The average Bonchev–Trinajstić information content (AvgIpc) is 2.73. The first kappa shape index (κ1) is 20.6. The first-order valence-electron chi connectivity index (χ1n) is 9.50. The zero-order chi connectivity index (χ0) is 20.6. The number of carboxylic acid groups (broad SMARTS) is 1. The van der Waals surface area contributed by atoms with Gasteiger partial charge in [-0.15, -0.1) is 0 Å². The van der Waals surface area contributed by atoms with Crippen LogP contribution in [0.5, 0.6) is 5.75 Å². The number of rotatable bonds is 9. The highest BCUT2D eigenvalue weighted by molar-refractivity contribution is 5.71. The molecular formula is C24H24FNO3. The van der Waals surface area contributed by atoms with Gasteiger partial charge in [0.2, 0.25) is 0 Å². The van der Waals surface area contributed by atoms with Gasteiger partial charge in [0.1, 0.15) is 12.4 Å². The van der Waals surface area contributed by atoms with Crippen molar-refractivity contribution in [1.29, 1.82) is 0 Å². The Morgan fingerprint density at radius 1 is 1.00 bits per heavy atom. The van der Waals surface area contributed by atoms with Gasteiger partial charge >= 0.3 is 5.97 Å². The summed E-state index contributed by atoms with van der Waals surface area (Å²) in [6.45, 7) is -0.118. The fourth-order valence-electron chi connectivity index (χ4n) is 3.19. The number of alkyl halides is 1. The molecule has 3 aromatic carbocycles. The molecule has 29 heavy (non-hydrogen) atoms. The van der Waals surface area contributed by atoms with Crippen LogP contribution in [0.1, 0.15) is 29.2 Å². The van der Waals surface area contributed by atoms with Crippen molar-refractivity contribution >= 4 is 5.97 Å². The SMILES string of the molecule is NC(CCF)c1cccc(-c2cccc(COc3ccccc3CC(=O)O)c2)c1. The van der Waals surface area contributed by atoms with Crippen LogP contribution in [0.2, 0.25) is 0 Å². The van der Waals surface area contributed by atoms with Crippen LogP contribution in [0.25, 0.3) is 11.1 Å². The Hall–Kier alpha value is -3.18. The highest BCUT2D eigenvalue weighted by Gasteiger charge is 2.09. The second-order valence-electron chi connectivity index (χ2n) is 6.88. The Kier molecular flexibility index (Phi) is 6.98. The highest BCUT2D eigenvalue weighted by Crippen LogP contribution is 2.26. The van der Waals surface area contributed by atoms with E-state index in [1.165, 1.54) is 0 Å². The lowest BCUT2D eigenvalue weighted by Crippen LogP contribution is -2.10. The first-order chi connectivity index (χ1) is 14.1. The van der Waals surface area contributed by atoms with Gasteiger partial charge in [-0.3, -0.25) is 9.18 Å². The second-order valence-corrected chi connectivity index (χ2v) is 6.88. The van der Waals surface area contributed by atoms with Crippen molar-refractivity contribution < 1.29 is 19.0 Å². The van der Waals surface area contributed by atoms with Gasteiger partial charge in [-0.2, -0.15) is 0 Å². The second kappa shape index (κ2) is 9.85. The summed E-state index contributed by atoms with van der Waals surface area (Å²) in [6.07, 6.45) is 0.217. The van der Waals surface area contributed by atoms with Crippen LogP contribution >= 0.6 is 0 Å². The van der Waals surface area contributed by atoms with E-state index < -0.39 is 12.6 Å². The van der Waals surface area contributed by atoms with Crippen molar-refractivity contribution in [3.63, 3.8) is 0 Å². The predicted octanol–water partition coefficient (Wildman–Crippen LogP) is 4.92. The van der Waals surface area contributed by atoms with Gasteiger partial charge in [0, 0.05) is 11.6 Å². The molecule has 0 aliphatic carbocycles. The van der Waals surface area contributed by atoms with E-state index in [4.69, 9.17) is 15.6 Å². The summed E-state index contributed by atoms with van der Waals surface area (Å²) >= 11 is 0. The molecular weight excluding hydrogens is 369 g/mol. The summed E-state index contributed by atoms with van der Waals surface area (Å²) in [5.41, 5.74) is 10.6. The Balaban J connectivity index is 1.76. The molecule has 0 aliphatic heterocycles. The highest BCUT2D eigenvalue weighted by atomic mass is 19.1. The minimum Gasteiger partial charge on any atom is -0.489 e. The van der Waals surface area contributed by atoms with E-state index in [0.29, 0.717) is 24.3 Å². The number of para-hydroxylation sites is 1. The maximum atomic E-state index is 12.6. The minimum absolute atomic E-state index is 0.0812. The number of carbonyl (C=O) groups is 1. The molecule has 0 fully saturated rings. The minimum atomic E-state index is -0.895. The van der Waals surface area contributed by atoms with Crippen LogP contribution in [0, 0.1) is 0 Å². The number of carboxylic acids is 1. The molecule has 3 N–H and O–H groups in total. The van der Waals surface area contributed by atoms with Crippen LogP contribution in [-0.2, 0) is 17.8 Å². The third-order valence-electron chi connectivity index (χ3n) is 4.70. The average molecular weight is 393 g/mol. The fourth-order valence-corrected chi connectivity index (χ4v) is 3.19. The largest absolute Gasteiger partial charge is 0.489 e. The number of hydrogen-bond acceptors (Lipinski definition) is 3. The molecule has 0 saturated carbocycles. The van der Waals surface area contributed by atoms with E-state index in [1.807, 2.05) is 54.6 Å². The third kappa shape index (κ3) is 5.65. The van der Waals surface area contributed by atoms with E-state index in [2.05, 4.69) is 0 Å². The smallest absolute Gasteiger partial charge is 0.307 e. The number of hydrogen-bond donors (Lipinski definition) is 2. The maximum absolute atomic E-state index is 12.6. The molecule has 5 heteroatoms. The van der Waals surface area contributed by atoms with E-state index in [-0.39, 0.29) is 12.5 Å². The standard InChI is InChI=1S/C24H24FNO3/c25-12-11-22(26)20-9-4-8-19(14-20)18-7-3-5-17(13-18)16-29-23-10-2-1-6-21(23)15-24(27)28/h1-10,13-14,22H,11-12,15-16,26H2,(H,27,28). The summed E-state index contributed by atoms with van der Waals surface area (Å²) in [4.78, 5) is 11.0. The zero-order valence-electron chi connectivity index (χ0n) is 16.1. The van der Waals surface area contributed by atoms with Crippen LogP contribution in [0.15, 0.2) is 72.8 Å². The van der Waals surface area contributed by atoms with Crippen molar-refractivity contribution in [3.8, 4) is 16.9 Å². The molecule has 1 unspecified atom stereocenters. The molecule has 0 bridgehead atoms. The molecule has 150 valence electrons.